The average Bonchev–Trinajstić information content (AvgIpc) is 2.60. The van der Waals surface area contributed by atoms with Gasteiger partial charge < -0.3 is 19.9 Å². The molecule has 0 saturated carbocycles. The number of carbonyl (C=O) groups excluding carboxylic acids is 2. The van der Waals surface area contributed by atoms with Crippen molar-refractivity contribution in [1.82, 2.24) is 15.1 Å². The summed E-state index contributed by atoms with van der Waals surface area (Å²) in [4.78, 5) is 28.6. The van der Waals surface area contributed by atoms with Gasteiger partial charge in [0.15, 0.2) is 0 Å². The van der Waals surface area contributed by atoms with Crippen molar-refractivity contribution in [3.8, 4) is 0 Å². The first-order valence-electron chi connectivity index (χ1n) is 8.15. The molecule has 2 amide bonds. The van der Waals surface area contributed by atoms with E-state index < -0.39 is 6.04 Å². The van der Waals surface area contributed by atoms with Gasteiger partial charge in [0.25, 0.3) is 0 Å². The maximum atomic E-state index is 12.6. The van der Waals surface area contributed by atoms with Gasteiger partial charge in [-0.05, 0) is 5.56 Å². The Balaban J connectivity index is 0.00000208. The van der Waals surface area contributed by atoms with E-state index in [4.69, 9.17) is 4.74 Å². The fourth-order valence-corrected chi connectivity index (χ4v) is 3.03. The zero-order valence-electron chi connectivity index (χ0n) is 13.6. The molecule has 7 heteroatoms. The summed E-state index contributed by atoms with van der Waals surface area (Å²) in [6.07, 6.45) is 0.226. The van der Waals surface area contributed by atoms with Gasteiger partial charge in [-0.25, -0.2) is 0 Å². The fourth-order valence-electron chi connectivity index (χ4n) is 3.03. The number of morpholine rings is 1. The van der Waals surface area contributed by atoms with Crippen LogP contribution in [0, 0.1) is 0 Å². The Kier molecular flexibility index (Phi) is 7.02. The van der Waals surface area contributed by atoms with Crippen molar-refractivity contribution < 1.29 is 14.3 Å². The summed E-state index contributed by atoms with van der Waals surface area (Å²) in [5.74, 6) is 0.0439. The molecule has 2 aliphatic heterocycles. The van der Waals surface area contributed by atoms with Crippen LogP contribution in [0.3, 0.4) is 0 Å². The van der Waals surface area contributed by atoms with Gasteiger partial charge in [0, 0.05) is 32.7 Å². The van der Waals surface area contributed by atoms with E-state index in [1.165, 1.54) is 0 Å². The maximum Gasteiger partial charge on any atom is 0.240 e. The van der Waals surface area contributed by atoms with E-state index in [-0.39, 0.29) is 30.6 Å². The standard InChI is InChI=1S/C17H23N3O3.ClH/c21-16(19-8-10-23-11-9-19)12-15-17(22)20(7-6-18-15)13-14-4-2-1-3-5-14;/h1-5,15,18H,6-13H2;1H. The van der Waals surface area contributed by atoms with Crippen LogP contribution in [0.5, 0.6) is 0 Å². The van der Waals surface area contributed by atoms with Crippen LogP contribution in [0.1, 0.15) is 12.0 Å². The molecule has 2 saturated heterocycles. The number of rotatable bonds is 4. The Morgan fingerprint density at radius 2 is 1.88 bits per heavy atom. The number of nitrogens with zero attached hydrogens (tertiary/aromatic N) is 2. The Bertz CT molecular complexity index is 549. The lowest BCUT2D eigenvalue weighted by molar-refractivity contribution is -0.143. The molecule has 0 aliphatic carbocycles. The number of hydrogen-bond acceptors (Lipinski definition) is 4. The van der Waals surface area contributed by atoms with Crippen molar-refractivity contribution in [3.63, 3.8) is 0 Å². The molecule has 1 N–H and O–H groups in total. The summed E-state index contributed by atoms with van der Waals surface area (Å²) in [6.45, 7) is 4.40. The molecule has 2 fully saturated rings. The first-order chi connectivity index (χ1) is 11.2. The first-order valence-corrected chi connectivity index (χ1v) is 8.15. The normalized spacial score (nSPS) is 21.3. The highest BCUT2D eigenvalue weighted by Crippen LogP contribution is 2.12. The topological polar surface area (TPSA) is 61.9 Å². The molecule has 1 atom stereocenters. The van der Waals surface area contributed by atoms with Gasteiger partial charge in [0.05, 0.1) is 25.7 Å². The van der Waals surface area contributed by atoms with Crippen LogP contribution < -0.4 is 5.32 Å². The van der Waals surface area contributed by atoms with Gasteiger partial charge in [-0.2, -0.15) is 0 Å². The molecule has 0 radical (unpaired) electrons. The SMILES string of the molecule is Cl.O=C(CC1NCCN(Cc2ccccc2)C1=O)N1CCOCC1. The van der Waals surface area contributed by atoms with Crippen LogP contribution in [0.2, 0.25) is 0 Å². The molecule has 1 unspecified atom stereocenters. The average molecular weight is 354 g/mol. The number of halogens is 1. The second kappa shape index (κ2) is 9.01. The highest BCUT2D eigenvalue weighted by atomic mass is 35.5. The van der Waals surface area contributed by atoms with Crippen LogP contribution in [-0.2, 0) is 20.9 Å². The van der Waals surface area contributed by atoms with Crippen LogP contribution >= 0.6 is 12.4 Å². The molecule has 132 valence electrons. The minimum absolute atomic E-state index is 0. The summed E-state index contributed by atoms with van der Waals surface area (Å²) < 4.78 is 5.26. The smallest absolute Gasteiger partial charge is 0.240 e. The van der Waals surface area contributed by atoms with Crippen LogP contribution in [0.4, 0.5) is 0 Å². The summed E-state index contributed by atoms with van der Waals surface area (Å²) in [7, 11) is 0. The lowest BCUT2D eigenvalue weighted by Crippen LogP contribution is -2.56. The number of carbonyl (C=O) groups is 2. The van der Waals surface area contributed by atoms with Crippen LogP contribution in [-0.4, -0.2) is 67.0 Å². The van der Waals surface area contributed by atoms with Gasteiger partial charge in [0.2, 0.25) is 11.8 Å². The molecule has 2 heterocycles. The number of benzene rings is 1. The summed E-state index contributed by atoms with van der Waals surface area (Å²) in [6, 6.07) is 9.53. The molecular weight excluding hydrogens is 330 g/mol. The van der Waals surface area contributed by atoms with Crippen molar-refractivity contribution >= 4 is 24.2 Å². The summed E-state index contributed by atoms with van der Waals surface area (Å²) >= 11 is 0. The quantitative estimate of drug-likeness (QED) is 0.863. The van der Waals surface area contributed by atoms with Crippen LogP contribution in [0.25, 0.3) is 0 Å². The minimum atomic E-state index is -0.414. The molecule has 1 aromatic carbocycles. The molecule has 2 aliphatic rings. The monoisotopic (exact) mass is 353 g/mol. The van der Waals surface area contributed by atoms with E-state index in [1.54, 1.807) is 4.90 Å². The number of amides is 2. The molecule has 6 nitrogen and oxygen atoms in total. The molecule has 3 rings (SSSR count). The number of nitrogens with one attached hydrogen (secondary N) is 1. The lowest BCUT2D eigenvalue weighted by Gasteiger charge is -2.34. The molecule has 0 aromatic heterocycles. The van der Waals surface area contributed by atoms with Gasteiger partial charge >= 0.3 is 0 Å². The van der Waals surface area contributed by atoms with Crippen molar-refractivity contribution in [2.24, 2.45) is 0 Å². The van der Waals surface area contributed by atoms with Crippen molar-refractivity contribution in [1.29, 1.82) is 0 Å². The van der Waals surface area contributed by atoms with Crippen molar-refractivity contribution in [2.45, 2.75) is 19.0 Å². The summed E-state index contributed by atoms with van der Waals surface area (Å²) in [5.41, 5.74) is 1.11. The Labute approximate surface area is 148 Å². The highest BCUT2D eigenvalue weighted by molar-refractivity contribution is 5.89. The largest absolute Gasteiger partial charge is 0.378 e. The van der Waals surface area contributed by atoms with Crippen molar-refractivity contribution in [2.75, 3.05) is 39.4 Å². The van der Waals surface area contributed by atoms with Crippen molar-refractivity contribution in [3.05, 3.63) is 35.9 Å². The van der Waals surface area contributed by atoms with E-state index in [0.717, 1.165) is 12.1 Å². The van der Waals surface area contributed by atoms with E-state index in [9.17, 15) is 9.59 Å². The van der Waals surface area contributed by atoms with E-state index in [0.29, 0.717) is 39.4 Å². The zero-order valence-corrected chi connectivity index (χ0v) is 14.5. The summed E-state index contributed by atoms with van der Waals surface area (Å²) in [5, 5.41) is 3.18. The predicted octanol–water partition coefficient (Wildman–Crippen LogP) is 0.658. The minimum Gasteiger partial charge on any atom is -0.378 e. The lowest BCUT2D eigenvalue weighted by atomic mass is 10.1. The second-order valence-electron chi connectivity index (χ2n) is 5.95. The van der Waals surface area contributed by atoms with E-state index in [2.05, 4.69) is 5.32 Å². The molecule has 0 spiro atoms. The molecule has 0 bridgehead atoms. The van der Waals surface area contributed by atoms with Crippen LogP contribution in [0.15, 0.2) is 30.3 Å². The molecule has 1 aromatic rings. The maximum absolute atomic E-state index is 12.6. The van der Waals surface area contributed by atoms with Gasteiger partial charge in [-0.15, -0.1) is 12.4 Å². The Morgan fingerprint density at radius 3 is 2.58 bits per heavy atom. The van der Waals surface area contributed by atoms with Gasteiger partial charge in [-0.3, -0.25) is 9.59 Å². The fraction of sp³-hybridized carbons (Fsp3) is 0.529. The third kappa shape index (κ3) is 4.69. The molecule has 24 heavy (non-hydrogen) atoms. The highest BCUT2D eigenvalue weighted by Gasteiger charge is 2.31. The predicted molar refractivity (Wildman–Crippen MR) is 92.9 cm³/mol. The second-order valence-corrected chi connectivity index (χ2v) is 5.95. The van der Waals surface area contributed by atoms with E-state index >= 15 is 0 Å². The number of hydrogen-bond donors (Lipinski definition) is 1. The number of piperazine rings is 1. The molecular formula is C17H24ClN3O3. The van der Waals surface area contributed by atoms with Gasteiger partial charge in [0.1, 0.15) is 0 Å². The number of ether oxygens (including phenoxy) is 1. The Morgan fingerprint density at radius 1 is 1.17 bits per heavy atom. The third-order valence-electron chi connectivity index (χ3n) is 4.34. The first kappa shape index (κ1) is 18.7. The van der Waals surface area contributed by atoms with Gasteiger partial charge in [-0.1, -0.05) is 30.3 Å². The van der Waals surface area contributed by atoms with E-state index in [1.807, 2.05) is 35.2 Å². The Hall–Kier alpha value is -1.63. The zero-order chi connectivity index (χ0) is 16.1. The third-order valence-corrected chi connectivity index (χ3v) is 4.34.